The smallest absolute Gasteiger partial charge is 0.259 e. The number of hydrogen-bond acceptors (Lipinski definition) is 4. The Morgan fingerprint density at radius 3 is 2.92 bits per heavy atom. The van der Waals surface area contributed by atoms with Gasteiger partial charge >= 0.3 is 0 Å². The fourth-order valence-electron chi connectivity index (χ4n) is 2.05. The molecule has 0 spiro atoms. The maximum absolute atomic E-state index is 11.9. The molecule has 2 rings (SSSR count). The minimum Gasteiger partial charge on any atom is -0.347 e. The molecule has 3 N–H and O–H groups in total. The molecule has 0 saturated carbocycles. The summed E-state index contributed by atoms with van der Waals surface area (Å²) in [5.74, 6) is 0.299. The van der Waals surface area contributed by atoms with Crippen LogP contribution in [0.3, 0.4) is 0 Å². The van der Waals surface area contributed by atoms with Gasteiger partial charge in [-0.05, 0) is 31.6 Å². The molecule has 0 radical (unpaired) electrons. The fourth-order valence-corrected chi connectivity index (χ4v) is 2.05. The molecule has 1 amide bonds. The van der Waals surface area contributed by atoms with Crippen molar-refractivity contribution in [3.8, 4) is 0 Å². The number of anilines is 1. The number of imidazole rings is 1. The van der Waals surface area contributed by atoms with Crippen LogP contribution in [-0.4, -0.2) is 28.1 Å². The number of carbonyl (C=O) groups is 1. The van der Waals surface area contributed by atoms with Crippen molar-refractivity contribution < 1.29 is 4.79 Å². The Balaban J connectivity index is 1.89. The predicted octanol–water partition coefficient (Wildman–Crippen LogP) is 3.16. The van der Waals surface area contributed by atoms with Crippen LogP contribution in [0.4, 0.5) is 5.95 Å². The van der Waals surface area contributed by atoms with Crippen LogP contribution in [0.5, 0.6) is 0 Å². The van der Waals surface area contributed by atoms with Gasteiger partial charge in [-0.1, -0.05) is 43.0 Å². The van der Waals surface area contributed by atoms with E-state index < -0.39 is 0 Å². The molecule has 0 aliphatic heterocycles. The Kier molecular flexibility index (Phi) is 6.08. The normalized spacial score (nSPS) is 12.6. The van der Waals surface area contributed by atoms with Crippen LogP contribution >= 0.6 is 0 Å². The average Bonchev–Trinajstić information content (AvgIpc) is 3.01. The summed E-state index contributed by atoms with van der Waals surface area (Å²) in [6, 6.07) is 7.67. The predicted molar refractivity (Wildman–Crippen MR) is 98.9 cm³/mol. The SMILES string of the molecule is C=C\C=C/C(=C\C)C(/C)=N\NC(=O)CNc1nc2ccccc2[nH]1. The number of rotatable bonds is 7. The van der Waals surface area contributed by atoms with Crippen molar-refractivity contribution in [2.24, 2.45) is 5.10 Å². The number of aromatic amines is 1. The Labute approximate surface area is 141 Å². The van der Waals surface area contributed by atoms with E-state index >= 15 is 0 Å². The number of amides is 1. The van der Waals surface area contributed by atoms with Crippen molar-refractivity contribution in [2.75, 3.05) is 11.9 Å². The van der Waals surface area contributed by atoms with E-state index in [1.165, 1.54) is 0 Å². The van der Waals surface area contributed by atoms with Gasteiger partial charge in [0.15, 0.2) is 0 Å². The average molecular weight is 323 g/mol. The molecule has 2 aromatic rings. The molecule has 0 saturated heterocycles. The zero-order valence-corrected chi connectivity index (χ0v) is 13.8. The first-order valence-corrected chi connectivity index (χ1v) is 7.61. The molecule has 6 heteroatoms. The largest absolute Gasteiger partial charge is 0.347 e. The number of hydrazone groups is 1. The minimum absolute atomic E-state index is 0.0737. The second-order valence-electron chi connectivity index (χ2n) is 5.03. The molecule has 24 heavy (non-hydrogen) atoms. The molecular weight excluding hydrogens is 302 g/mol. The number of H-pyrrole nitrogens is 1. The molecule has 0 atom stereocenters. The third-order valence-electron chi connectivity index (χ3n) is 3.29. The Hall–Kier alpha value is -3.15. The van der Waals surface area contributed by atoms with E-state index in [-0.39, 0.29) is 12.5 Å². The van der Waals surface area contributed by atoms with Crippen molar-refractivity contribution in [2.45, 2.75) is 13.8 Å². The number of para-hydroxylation sites is 2. The standard InChI is InChI=1S/C18H21N5O/c1-4-6-9-14(5-2)13(3)22-23-17(24)12-19-18-20-15-10-7-8-11-16(15)21-18/h4-11H,1,12H2,2-3H3,(H,23,24)(H2,19,20,21)/b9-6-,14-5+,22-13-. The number of nitrogens with zero attached hydrogens (tertiary/aromatic N) is 2. The van der Waals surface area contributed by atoms with Gasteiger partial charge in [-0.15, -0.1) is 0 Å². The maximum Gasteiger partial charge on any atom is 0.259 e. The van der Waals surface area contributed by atoms with Gasteiger partial charge in [0.2, 0.25) is 5.95 Å². The van der Waals surface area contributed by atoms with Crippen LogP contribution in [0, 0.1) is 0 Å². The molecule has 1 aromatic heterocycles. The Bertz CT molecular complexity index is 781. The van der Waals surface area contributed by atoms with Gasteiger partial charge in [0.1, 0.15) is 0 Å². The third kappa shape index (κ3) is 4.67. The summed E-state index contributed by atoms with van der Waals surface area (Å²) >= 11 is 0. The maximum atomic E-state index is 11.9. The number of carbonyl (C=O) groups excluding carboxylic acids is 1. The Morgan fingerprint density at radius 1 is 1.42 bits per heavy atom. The van der Waals surface area contributed by atoms with E-state index in [1.807, 2.05) is 56.3 Å². The van der Waals surface area contributed by atoms with Crippen molar-refractivity contribution in [3.05, 3.63) is 60.7 Å². The summed E-state index contributed by atoms with van der Waals surface area (Å²) in [7, 11) is 0. The van der Waals surface area contributed by atoms with Gasteiger partial charge in [-0.3, -0.25) is 4.79 Å². The Morgan fingerprint density at radius 2 is 2.21 bits per heavy atom. The summed E-state index contributed by atoms with van der Waals surface area (Å²) < 4.78 is 0. The fraction of sp³-hybridized carbons (Fsp3) is 0.167. The number of allylic oxidation sites excluding steroid dienone is 5. The second-order valence-corrected chi connectivity index (χ2v) is 5.03. The third-order valence-corrected chi connectivity index (χ3v) is 3.29. The van der Waals surface area contributed by atoms with Crippen LogP contribution < -0.4 is 10.7 Å². The molecular formula is C18H21N5O. The van der Waals surface area contributed by atoms with E-state index in [0.29, 0.717) is 11.7 Å². The molecule has 0 bridgehead atoms. The van der Waals surface area contributed by atoms with Crippen LogP contribution in [-0.2, 0) is 4.79 Å². The van der Waals surface area contributed by atoms with E-state index in [4.69, 9.17) is 0 Å². The highest BCUT2D eigenvalue weighted by Gasteiger charge is 2.05. The molecule has 0 aliphatic rings. The first-order valence-electron chi connectivity index (χ1n) is 7.61. The van der Waals surface area contributed by atoms with Crippen LogP contribution in [0.2, 0.25) is 0 Å². The molecule has 6 nitrogen and oxygen atoms in total. The van der Waals surface area contributed by atoms with Crippen molar-refractivity contribution >= 4 is 28.6 Å². The summed E-state index contributed by atoms with van der Waals surface area (Å²) in [6.45, 7) is 7.44. The van der Waals surface area contributed by atoms with Crippen LogP contribution in [0.25, 0.3) is 11.0 Å². The first kappa shape index (κ1) is 17.2. The number of benzene rings is 1. The number of hydrogen-bond donors (Lipinski definition) is 3. The molecule has 124 valence electrons. The quantitative estimate of drug-likeness (QED) is 0.416. The summed E-state index contributed by atoms with van der Waals surface area (Å²) in [4.78, 5) is 19.3. The molecule has 0 aliphatic carbocycles. The lowest BCUT2D eigenvalue weighted by Gasteiger charge is -2.04. The zero-order chi connectivity index (χ0) is 17.4. The minimum atomic E-state index is -0.252. The van der Waals surface area contributed by atoms with E-state index in [0.717, 1.165) is 16.6 Å². The molecule has 0 unspecified atom stereocenters. The summed E-state index contributed by atoms with van der Waals surface area (Å²) in [6.07, 6.45) is 7.30. The second kappa shape index (κ2) is 8.47. The number of fused-ring (bicyclic) bond motifs is 1. The lowest BCUT2D eigenvalue weighted by molar-refractivity contribution is -0.119. The van der Waals surface area contributed by atoms with Crippen LogP contribution in [0.1, 0.15) is 13.8 Å². The van der Waals surface area contributed by atoms with Crippen molar-refractivity contribution in [1.82, 2.24) is 15.4 Å². The highest BCUT2D eigenvalue weighted by Crippen LogP contribution is 2.12. The van der Waals surface area contributed by atoms with Gasteiger partial charge in [0.25, 0.3) is 5.91 Å². The summed E-state index contributed by atoms with van der Waals surface area (Å²) in [5.41, 5.74) is 5.92. The van der Waals surface area contributed by atoms with E-state index in [9.17, 15) is 4.79 Å². The van der Waals surface area contributed by atoms with Gasteiger partial charge in [-0.25, -0.2) is 10.4 Å². The number of nitrogens with one attached hydrogen (secondary N) is 3. The van der Waals surface area contributed by atoms with Gasteiger partial charge in [-0.2, -0.15) is 5.10 Å². The lowest BCUT2D eigenvalue weighted by atomic mass is 10.1. The highest BCUT2D eigenvalue weighted by atomic mass is 16.2. The van der Waals surface area contributed by atoms with Crippen molar-refractivity contribution in [3.63, 3.8) is 0 Å². The van der Waals surface area contributed by atoms with Crippen molar-refractivity contribution in [1.29, 1.82) is 0 Å². The number of aromatic nitrogens is 2. The molecule has 0 fully saturated rings. The van der Waals surface area contributed by atoms with Gasteiger partial charge in [0, 0.05) is 0 Å². The first-order chi connectivity index (χ1) is 11.6. The monoisotopic (exact) mass is 323 g/mol. The van der Waals surface area contributed by atoms with E-state index in [1.54, 1.807) is 6.08 Å². The van der Waals surface area contributed by atoms with E-state index in [2.05, 4.69) is 32.4 Å². The summed E-state index contributed by atoms with van der Waals surface area (Å²) in [5, 5.41) is 7.04. The van der Waals surface area contributed by atoms with Crippen LogP contribution in [0.15, 0.2) is 65.8 Å². The highest BCUT2D eigenvalue weighted by molar-refractivity contribution is 6.01. The molecule has 1 heterocycles. The molecule has 1 aromatic carbocycles. The van der Waals surface area contributed by atoms with Gasteiger partial charge in [0.05, 0.1) is 23.3 Å². The topological polar surface area (TPSA) is 82.2 Å². The lowest BCUT2D eigenvalue weighted by Crippen LogP contribution is -2.27. The van der Waals surface area contributed by atoms with Gasteiger partial charge < -0.3 is 10.3 Å². The zero-order valence-electron chi connectivity index (χ0n) is 13.8.